The molecule has 0 bridgehead atoms. The molecule has 0 saturated heterocycles. The first-order chi connectivity index (χ1) is 13.3. The monoisotopic (exact) mass is 372 g/mol. The molecule has 0 aromatic heterocycles. The van der Waals surface area contributed by atoms with E-state index in [0.29, 0.717) is 0 Å². The van der Waals surface area contributed by atoms with Crippen LogP contribution in [0.3, 0.4) is 0 Å². The lowest BCUT2D eigenvalue weighted by Crippen LogP contribution is -2.05. The Labute approximate surface area is 160 Å². The molecule has 0 saturated carbocycles. The number of carbonyl (C=O) groups excluding carboxylic acids is 1. The molecule has 3 heterocycles. The Kier molecular flexibility index (Phi) is 3.72. The van der Waals surface area contributed by atoms with Crippen LogP contribution >= 0.6 is 11.8 Å². The molecule has 0 unspecified atom stereocenters. The number of fused-ring (bicyclic) bond motifs is 3. The van der Waals surface area contributed by atoms with E-state index in [9.17, 15) is 4.79 Å². The summed E-state index contributed by atoms with van der Waals surface area (Å²) >= 11 is 1.53. The van der Waals surface area contributed by atoms with Crippen molar-refractivity contribution >= 4 is 23.5 Å². The zero-order valence-corrected chi connectivity index (χ0v) is 15.5. The molecule has 0 atom stereocenters. The van der Waals surface area contributed by atoms with Crippen molar-refractivity contribution in [3.8, 4) is 33.8 Å². The average molecular weight is 372 g/mol. The number of nitrogens with zero attached hydrogens (tertiary/aromatic N) is 3. The van der Waals surface area contributed by atoms with Crippen molar-refractivity contribution in [2.75, 3.05) is 11.6 Å². The summed E-state index contributed by atoms with van der Waals surface area (Å²) < 4.78 is 1.94. The second kappa shape index (κ2) is 6.25. The molecule has 5 rings (SSSR count). The number of hydrogen-bond donors (Lipinski definition) is 1. The molecule has 0 aliphatic carbocycles. The molecule has 132 valence electrons. The van der Waals surface area contributed by atoms with E-state index in [-0.39, 0.29) is 12.5 Å². The summed E-state index contributed by atoms with van der Waals surface area (Å²) in [5, 5.41) is 3.83. The van der Waals surface area contributed by atoms with Gasteiger partial charge >= 0.3 is 0 Å². The van der Waals surface area contributed by atoms with E-state index in [1.54, 1.807) is 0 Å². The number of benzene rings is 2. The summed E-state index contributed by atoms with van der Waals surface area (Å²) in [4.78, 5) is 22.0. The van der Waals surface area contributed by atoms with Gasteiger partial charge in [0, 0.05) is 11.1 Å². The fraction of sp³-hybridized carbons (Fsp3) is 0.0952. The number of aromatic nitrogens is 3. The number of carbonyl (C=O) groups is 1. The lowest BCUT2D eigenvalue weighted by molar-refractivity contribution is -0.115. The number of anilines is 1. The van der Waals surface area contributed by atoms with Crippen molar-refractivity contribution in [3.63, 3.8) is 0 Å². The van der Waals surface area contributed by atoms with Crippen molar-refractivity contribution in [3.05, 3.63) is 60.7 Å². The SMILES string of the molecule is CSc1nc2c(-c3ccccc3)nc(-c3ccccc3)c-2c2n1CC(=O)N2. The summed E-state index contributed by atoms with van der Waals surface area (Å²) in [6.45, 7) is 0.286. The van der Waals surface area contributed by atoms with Gasteiger partial charge in [-0.3, -0.25) is 9.36 Å². The number of nitrogens with one attached hydrogen (secondary N) is 1. The fourth-order valence-corrected chi connectivity index (χ4v) is 4.08. The standard InChI is InChI=1S/C21H16N4OS/c1-27-21-24-19-16(20-22-15(26)12-25(20)21)17(13-8-4-2-5-9-13)23-18(19)14-10-6-3-7-11-14/h2-11H,12H2,1H3,(H,22,26). The third-order valence-corrected chi connectivity index (χ3v) is 5.38. The van der Waals surface area contributed by atoms with Gasteiger partial charge in [0.1, 0.15) is 18.1 Å². The highest BCUT2D eigenvalue weighted by atomic mass is 32.2. The van der Waals surface area contributed by atoms with Gasteiger partial charge in [-0.15, -0.1) is 0 Å². The van der Waals surface area contributed by atoms with E-state index in [1.165, 1.54) is 11.8 Å². The van der Waals surface area contributed by atoms with Crippen LogP contribution in [-0.2, 0) is 11.3 Å². The van der Waals surface area contributed by atoms with Gasteiger partial charge in [-0.25, -0.2) is 9.97 Å². The second-order valence-corrected chi connectivity index (χ2v) is 7.12. The molecular formula is C21H16N4OS. The second-order valence-electron chi connectivity index (χ2n) is 6.35. The highest BCUT2D eigenvalue weighted by Crippen LogP contribution is 2.46. The van der Waals surface area contributed by atoms with Crippen molar-refractivity contribution in [2.45, 2.75) is 11.7 Å². The normalized spacial score (nSPS) is 13.0. The predicted octanol–water partition coefficient (Wildman–Crippen LogP) is 4.39. The van der Waals surface area contributed by atoms with Crippen LogP contribution in [0.5, 0.6) is 0 Å². The molecule has 1 amide bonds. The van der Waals surface area contributed by atoms with E-state index in [2.05, 4.69) is 5.32 Å². The Morgan fingerprint density at radius 2 is 1.52 bits per heavy atom. The smallest absolute Gasteiger partial charge is 0.245 e. The molecule has 27 heavy (non-hydrogen) atoms. The van der Waals surface area contributed by atoms with Crippen molar-refractivity contribution < 1.29 is 4.79 Å². The maximum absolute atomic E-state index is 12.1. The van der Waals surface area contributed by atoms with E-state index in [1.807, 2.05) is 71.5 Å². The van der Waals surface area contributed by atoms with Gasteiger partial charge in [0.05, 0.1) is 17.0 Å². The summed E-state index contributed by atoms with van der Waals surface area (Å²) in [6, 6.07) is 20.1. The Balaban J connectivity index is 1.87. The Bertz CT molecular complexity index is 1120. The molecule has 0 fully saturated rings. The Morgan fingerprint density at radius 3 is 2.15 bits per heavy atom. The summed E-state index contributed by atoms with van der Waals surface area (Å²) in [5.74, 6) is 0.754. The van der Waals surface area contributed by atoms with Crippen LogP contribution in [0.1, 0.15) is 0 Å². The number of amides is 1. The van der Waals surface area contributed by atoms with Crippen LogP contribution in [-0.4, -0.2) is 26.7 Å². The maximum atomic E-state index is 12.1. The highest BCUT2D eigenvalue weighted by Gasteiger charge is 2.32. The number of rotatable bonds is 3. The maximum Gasteiger partial charge on any atom is 0.245 e. The van der Waals surface area contributed by atoms with Gasteiger partial charge in [-0.05, 0) is 6.26 Å². The van der Waals surface area contributed by atoms with Crippen LogP contribution in [0.4, 0.5) is 5.82 Å². The van der Waals surface area contributed by atoms with Crippen molar-refractivity contribution in [1.29, 1.82) is 0 Å². The molecule has 0 radical (unpaired) electrons. The summed E-state index contributed by atoms with van der Waals surface area (Å²) in [6.07, 6.45) is 1.97. The van der Waals surface area contributed by atoms with E-state index in [4.69, 9.17) is 9.97 Å². The largest absolute Gasteiger partial charge is 0.310 e. The highest BCUT2D eigenvalue weighted by molar-refractivity contribution is 7.98. The lowest BCUT2D eigenvalue weighted by Gasteiger charge is -2.14. The van der Waals surface area contributed by atoms with Gasteiger partial charge in [-0.2, -0.15) is 0 Å². The molecule has 0 spiro atoms. The minimum absolute atomic E-state index is 0.0268. The van der Waals surface area contributed by atoms with Crippen LogP contribution < -0.4 is 5.32 Å². The lowest BCUT2D eigenvalue weighted by atomic mass is 10.0. The third kappa shape index (κ3) is 2.52. The molecule has 2 aromatic carbocycles. The molecule has 5 nitrogen and oxygen atoms in total. The van der Waals surface area contributed by atoms with Crippen LogP contribution in [0.15, 0.2) is 65.8 Å². The number of hydrogen-bond acceptors (Lipinski definition) is 4. The number of thioether (sulfide) groups is 1. The molecule has 3 aliphatic rings. The van der Waals surface area contributed by atoms with Gasteiger partial charge in [0.2, 0.25) is 5.91 Å². The summed E-state index contributed by atoms with van der Waals surface area (Å²) in [7, 11) is 0. The van der Waals surface area contributed by atoms with Crippen molar-refractivity contribution in [1.82, 2.24) is 14.5 Å². The zero-order valence-electron chi connectivity index (χ0n) is 14.6. The zero-order chi connectivity index (χ0) is 18.4. The molecule has 6 heteroatoms. The first-order valence-electron chi connectivity index (χ1n) is 8.65. The first kappa shape index (κ1) is 16.1. The minimum atomic E-state index is -0.0268. The summed E-state index contributed by atoms with van der Waals surface area (Å²) in [5.41, 5.74) is 5.41. The van der Waals surface area contributed by atoms with E-state index >= 15 is 0 Å². The topological polar surface area (TPSA) is 59.8 Å². The van der Waals surface area contributed by atoms with Gasteiger partial charge in [-0.1, -0.05) is 72.4 Å². The fourth-order valence-electron chi connectivity index (χ4n) is 3.52. The molecule has 3 aliphatic heterocycles. The van der Waals surface area contributed by atoms with Crippen LogP contribution in [0.2, 0.25) is 0 Å². The van der Waals surface area contributed by atoms with E-state index < -0.39 is 0 Å². The van der Waals surface area contributed by atoms with Gasteiger partial charge in [0.15, 0.2) is 5.16 Å². The molecule has 2 aromatic rings. The molecular weight excluding hydrogens is 356 g/mol. The van der Waals surface area contributed by atoms with Crippen molar-refractivity contribution in [2.24, 2.45) is 0 Å². The third-order valence-electron chi connectivity index (χ3n) is 4.70. The van der Waals surface area contributed by atoms with Gasteiger partial charge in [0.25, 0.3) is 0 Å². The van der Waals surface area contributed by atoms with Crippen LogP contribution in [0.25, 0.3) is 33.8 Å². The van der Waals surface area contributed by atoms with Gasteiger partial charge < -0.3 is 5.32 Å². The van der Waals surface area contributed by atoms with Crippen LogP contribution in [0, 0.1) is 0 Å². The minimum Gasteiger partial charge on any atom is -0.310 e. The first-order valence-corrected chi connectivity index (χ1v) is 9.87. The quantitative estimate of drug-likeness (QED) is 0.428. The van der Waals surface area contributed by atoms with E-state index in [0.717, 1.165) is 44.7 Å². The predicted molar refractivity (Wildman–Crippen MR) is 108 cm³/mol. The average Bonchev–Trinajstić information content (AvgIpc) is 3.29. The Morgan fingerprint density at radius 1 is 0.889 bits per heavy atom. The molecule has 1 N–H and O–H groups in total. The Hall–Kier alpha value is -3.12.